The van der Waals surface area contributed by atoms with Crippen LogP contribution in [0.1, 0.15) is 20.3 Å². The van der Waals surface area contributed by atoms with Gasteiger partial charge in [0.05, 0.1) is 13.2 Å². The van der Waals surface area contributed by atoms with Crippen LogP contribution in [0.4, 0.5) is 0 Å². The molecule has 2 aliphatic rings. The van der Waals surface area contributed by atoms with Crippen LogP contribution in [0.25, 0.3) is 0 Å². The third-order valence-corrected chi connectivity index (χ3v) is 3.96. The van der Waals surface area contributed by atoms with E-state index in [1.165, 1.54) is 0 Å². The Balaban J connectivity index is 1.96. The fourth-order valence-electron chi connectivity index (χ4n) is 2.38. The van der Waals surface area contributed by atoms with Gasteiger partial charge < -0.3 is 15.4 Å². The zero-order valence-corrected chi connectivity index (χ0v) is 9.53. The minimum Gasteiger partial charge on any atom is -0.378 e. The molecule has 0 bridgehead atoms. The first-order valence-electron chi connectivity index (χ1n) is 5.65. The van der Waals surface area contributed by atoms with Gasteiger partial charge in [-0.15, -0.1) is 0 Å². The number of nitrogens with zero attached hydrogens (tertiary/aromatic N) is 1. The molecule has 0 spiro atoms. The smallest absolute Gasteiger partial charge is 0.226 e. The molecule has 4 heteroatoms. The molecule has 2 atom stereocenters. The number of carbonyl (C=O) groups is 1. The van der Waals surface area contributed by atoms with Crippen LogP contribution in [0.3, 0.4) is 0 Å². The van der Waals surface area contributed by atoms with Gasteiger partial charge in [-0.1, -0.05) is 13.8 Å². The van der Waals surface area contributed by atoms with Gasteiger partial charge >= 0.3 is 0 Å². The van der Waals surface area contributed by atoms with Crippen LogP contribution in [-0.2, 0) is 9.53 Å². The van der Waals surface area contributed by atoms with E-state index in [-0.39, 0.29) is 23.3 Å². The normalized spacial score (nSPS) is 34.7. The highest BCUT2D eigenvalue weighted by Crippen LogP contribution is 2.45. The summed E-state index contributed by atoms with van der Waals surface area (Å²) in [5.74, 6) is 0.385. The first-order valence-corrected chi connectivity index (χ1v) is 5.65. The molecule has 4 nitrogen and oxygen atoms in total. The van der Waals surface area contributed by atoms with Crippen LogP contribution in [-0.4, -0.2) is 43.2 Å². The molecule has 0 unspecified atom stereocenters. The Labute approximate surface area is 90.8 Å². The van der Waals surface area contributed by atoms with E-state index in [2.05, 4.69) is 13.8 Å². The topological polar surface area (TPSA) is 55.6 Å². The van der Waals surface area contributed by atoms with Crippen molar-refractivity contribution in [2.75, 3.05) is 26.3 Å². The van der Waals surface area contributed by atoms with E-state index in [0.29, 0.717) is 13.2 Å². The van der Waals surface area contributed by atoms with E-state index in [1.54, 1.807) is 0 Å². The van der Waals surface area contributed by atoms with E-state index in [1.807, 2.05) is 4.90 Å². The van der Waals surface area contributed by atoms with Gasteiger partial charge in [0.1, 0.15) is 0 Å². The van der Waals surface area contributed by atoms with E-state index in [0.717, 1.165) is 19.5 Å². The van der Waals surface area contributed by atoms with Crippen LogP contribution < -0.4 is 5.73 Å². The van der Waals surface area contributed by atoms with Crippen molar-refractivity contribution in [3.8, 4) is 0 Å². The summed E-state index contributed by atoms with van der Waals surface area (Å²) in [5.41, 5.74) is 5.89. The van der Waals surface area contributed by atoms with E-state index < -0.39 is 0 Å². The van der Waals surface area contributed by atoms with Crippen molar-refractivity contribution in [3.05, 3.63) is 0 Å². The van der Waals surface area contributed by atoms with Gasteiger partial charge in [-0.05, 0) is 11.8 Å². The number of nitrogens with two attached hydrogens (primary N) is 1. The predicted octanol–water partition coefficient (Wildman–Crippen LogP) is 0.219. The third kappa shape index (κ3) is 1.76. The summed E-state index contributed by atoms with van der Waals surface area (Å²) >= 11 is 0. The zero-order valence-electron chi connectivity index (χ0n) is 9.53. The average Bonchev–Trinajstić information content (AvgIpc) is 2.26. The zero-order chi connectivity index (χ0) is 11.1. The Morgan fingerprint density at radius 1 is 1.40 bits per heavy atom. The van der Waals surface area contributed by atoms with Crippen molar-refractivity contribution < 1.29 is 9.53 Å². The summed E-state index contributed by atoms with van der Waals surface area (Å²) in [4.78, 5) is 14.1. The minimum absolute atomic E-state index is 0.0324. The Morgan fingerprint density at radius 3 is 2.47 bits per heavy atom. The molecule has 2 rings (SSSR count). The fourth-order valence-corrected chi connectivity index (χ4v) is 2.38. The van der Waals surface area contributed by atoms with Crippen LogP contribution in [0.2, 0.25) is 0 Å². The van der Waals surface area contributed by atoms with Crippen molar-refractivity contribution in [1.29, 1.82) is 0 Å². The Bertz CT molecular complexity index is 259. The van der Waals surface area contributed by atoms with Crippen LogP contribution >= 0.6 is 0 Å². The second-order valence-corrected chi connectivity index (χ2v) is 5.15. The van der Waals surface area contributed by atoms with Crippen molar-refractivity contribution in [1.82, 2.24) is 4.90 Å². The van der Waals surface area contributed by atoms with E-state index >= 15 is 0 Å². The number of ether oxygens (including phenoxy) is 1. The number of morpholine rings is 1. The van der Waals surface area contributed by atoms with E-state index in [4.69, 9.17) is 10.5 Å². The maximum atomic E-state index is 12.2. The number of rotatable bonds is 1. The van der Waals surface area contributed by atoms with E-state index in [9.17, 15) is 4.79 Å². The summed E-state index contributed by atoms with van der Waals surface area (Å²) in [6, 6.07) is 0.174. The van der Waals surface area contributed by atoms with Crippen LogP contribution in [0.15, 0.2) is 0 Å². The first kappa shape index (κ1) is 10.9. The second-order valence-electron chi connectivity index (χ2n) is 5.15. The highest BCUT2D eigenvalue weighted by atomic mass is 16.5. The summed E-state index contributed by atoms with van der Waals surface area (Å²) in [6.07, 6.45) is 0.836. The lowest BCUT2D eigenvalue weighted by atomic mass is 9.58. The van der Waals surface area contributed by atoms with Crippen molar-refractivity contribution in [2.45, 2.75) is 26.3 Å². The summed E-state index contributed by atoms with van der Waals surface area (Å²) < 4.78 is 5.24. The SMILES string of the molecule is CC1(C)[C@H](N)C[C@@H]1C(=O)N1CCOCC1. The Hall–Kier alpha value is -0.610. The predicted molar refractivity (Wildman–Crippen MR) is 57.3 cm³/mol. The molecule has 15 heavy (non-hydrogen) atoms. The summed E-state index contributed by atoms with van der Waals surface area (Å²) in [5, 5.41) is 0. The molecule has 1 saturated carbocycles. The quantitative estimate of drug-likeness (QED) is 0.676. The Kier molecular flexibility index (Phi) is 2.73. The van der Waals surface area contributed by atoms with Gasteiger partial charge in [-0.2, -0.15) is 0 Å². The molecule has 1 saturated heterocycles. The van der Waals surface area contributed by atoms with Crippen molar-refractivity contribution in [2.24, 2.45) is 17.1 Å². The molecule has 1 aliphatic heterocycles. The lowest BCUT2D eigenvalue weighted by molar-refractivity contribution is -0.151. The molecule has 86 valence electrons. The van der Waals surface area contributed by atoms with Gasteiger partial charge in [0.2, 0.25) is 5.91 Å². The molecule has 2 fully saturated rings. The number of hydrogen-bond acceptors (Lipinski definition) is 3. The summed E-state index contributed by atoms with van der Waals surface area (Å²) in [7, 11) is 0. The highest BCUT2D eigenvalue weighted by Gasteiger charge is 2.51. The molecular formula is C11H20N2O2. The number of hydrogen-bond donors (Lipinski definition) is 1. The van der Waals surface area contributed by atoms with Gasteiger partial charge in [0, 0.05) is 25.0 Å². The van der Waals surface area contributed by atoms with Crippen molar-refractivity contribution >= 4 is 5.91 Å². The molecule has 1 aliphatic carbocycles. The molecule has 2 N–H and O–H groups in total. The van der Waals surface area contributed by atoms with Crippen molar-refractivity contribution in [3.63, 3.8) is 0 Å². The fraction of sp³-hybridized carbons (Fsp3) is 0.909. The summed E-state index contributed by atoms with van der Waals surface area (Å²) in [6.45, 7) is 6.99. The molecule has 0 radical (unpaired) electrons. The van der Waals surface area contributed by atoms with Gasteiger partial charge in [0.15, 0.2) is 0 Å². The highest BCUT2D eigenvalue weighted by molar-refractivity contribution is 5.81. The largest absolute Gasteiger partial charge is 0.378 e. The lowest BCUT2D eigenvalue weighted by Crippen LogP contribution is -2.60. The second kappa shape index (κ2) is 3.76. The monoisotopic (exact) mass is 212 g/mol. The molecular weight excluding hydrogens is 192 g/mol. The van der Waals surface area contributed by atoms with Crippen LogP contribution in [0.5, 0.6) is 0 Å². The molecule has 0 aromatic rings. The molecule has 1 amide bonds. The average molecular weight is 212 g/mol. The minimum atomic E-state index is -0.0324. The maximum Gasteiger partial charge on any atom is 0.226 e. The number of amides is 1. The van der Waals surface area contributed by atoms with Gasteiger partial charge in [0.25, 0.3) is 0 Å². The lowest BCUT2D eigenvalue weighted by Gasteiger charge is -2.50. The van der Waals surface area contributed by atoms with Gasteiger partial charge in [-0.25, -0.2) is 0 Å². The third-order valence-electron chi connectivity index (χ3n) is 3.96. The van der Waals surface area contributed by atoms with Crippen LogP contribution in [0, 0.1) is 11.3 Å². The Morgan fingerprint density at radius 2 is 2.00 bits per heavy atom. The maximum absolute atomic E-state index is 12.2. The van der Waals surface area contributed by atoms with Gasteiger partial charge in [-0.3, -0.25) is 4.79 Å². The molecule has 0 aromatic heterocycles. The molecule has 0 aromatic carbocycles. The first-order chi connectivity index (χ1) is 7.03. The number of carbonyl (C=O) groups excluding carboxylic acids is 1. The molecule has 1 heterocycles. The standard InChI is InChI=1S/C11H20N2O2/c1-11(2)8(7-9(11)12)10(14)13-3-5-15-6-4-13/h8-9H,3-7,12H2,1-2H3/t8-,9-/m1/s1.